The summed E-state index contributed by atoms with van der Waals surface area (Å²) in [6.45, 7) is 8.73. The van der Waals surface area contributed by atoms with Gasteiger partial charge in [-0.15, -0.1) is 0 Å². The molecule has 1 aliphatic rings. The summed E-state index contributed by atoms with van der Waals surface area (Å²) in [6.07, 6.45) is 1.25. The maximum Gasteiger partial charge on any atom is 0.0749 e. The molecule has 0 N–H and O–H groups in total. The topological polar surface area (TPSA) is 12.5 Å². The highest BCUT2D eigenvalue weighted by Crippen LogP contribution is 2.25. The lowest BCUT2D eigenvalue weighted by atomic mass is 10.1. The van der Waals surface area contributed by atoms with Crippen molar-refractivity contribution in [2.75, 3.05) is 20.2 Å². The third kappa shape index (κ3) is 3.22. The van der Waals surface area contributed by atoms with Crippen LogP contribution < -0.4 is 0 Å². The van der Waals surface area contributed by atoms with E-state index in [1.807, 2.05) is 0 Å². The molecule has 1 rings (SSSR count). The molecule has 0 saturated carbocycles. The number of hydrogen-bond acceptors (Lipinski definition) is 2. The molecule has 0 radical (unpaired) electrons. The number of methoxy groups -OCH3 is 1. The minimum atomic E-state index is -0.0225. The van der Waals surface area contributed by atoms with Crippen molar-refractivity contribution >= 4 is 15.9 Å². The van der Waals surface area contributed by atoms with Gasteiger partial charge < -0.3 is 4.74 Å². The number of alkyl halides is 1. The number of ether oxygens (including phenoxy) is 1. The van der Waals surface area contributed by atoms with Crippen molar-refractivity contribution in [3.05, 3.63) is 0 Å². The fourth-order valence-corrected chi connectivity index (χ4v) is 2.72. The highest BCUT2D eigenvalue weighted by atomic mass is 79.9. The van der Waals surface area contributed by atoms with Crippen molar-refractivity contribution in [3.63, 3.8) is 0 Å². The number of rotatable bonds is 3. The minimum Gasteiger partial charge on any atom is -0.377 e. The zero-order valence-electron chi connectivity index (χ0n) is 9.01. The van der Waals surface area contributed by atoms with Crippen molar-refractivity contribution in [3.8, 4) is 0 Å². The van der Waals surface area contributed by atoms with Gasteiger partial charge in [0.15, 0.2) is 0 Å². The van der Waals surface area contributed by atoms with Gasteiger partial charge in [-0.3, -0.25) is 4.90 Å². The molecule has 0 aromatic heterocycles. The molecular weight excluding hydrogens is 230 g/mol. The van der Waals surface area contributed by atoms with Crippen LogP contribution in [0.5, 0.6) is 0 Å². The van der Waals surface area contributed by atoms with Gasteiger partial charge in [-0.25, -0.2) is 0 Å². The molecule has 1 heterocycles. The van der Waals surface area contributed by atoms with Crippen LogP contribution in [0.2, 0.25) is 0 Å². The molecule has 1 aliphatic heterocycles. The van der Waals surface area contributed by atoms with E-state index in [4.69, 9.17) is 4.74 Å². The first kappa shape index (κ1) is 11.5. The minimum absolute atomic E-state index is 0.0225. The quantitative estimate of drug-likeness (QED) is 0.712. The van der Waals surface area contributed by atoms with Crippen LogP contribution in [0.25, 0.3) is 0 Å². The molecule has 2 nitrogen and oxygen atoms in total. The second-order valence-corrected chi connectivity index (χ2v) is 5.87. The number of nitrogens with zero attached hydrogens (tertiary/aromatic N) is 1. The third-order valence-electron chi connectivity index (χ3n) is 2.79. The first-order valence-corrected chi connectivity index (χ1v) is 5.79. The maximum atomic E-state index is 5.43. The van der Waals surface area contributed by atoms with Gasteiger partial charge in [-0.2, -0.15) is 0 Å². The highest BCUT2D eigenvalue weighted by Gasteiger charge is 2.31. The van der Waals surface area contributed by atoms with Gasteiger partial charge in [0.1, 0.15) is 0 Å². The fourth-order valence-electron chi connectivity index (χ4n) is 1.80. The molecule has 3 heteroatoms. The highest BCUT2D eigenvalue weighted by molar-refractivity contribution is 9.09. The van der Waals surface area contributed by atoms with Crippen molar-refractivity contribution in [1.29, 1.82) is 0 Å². The number of hydrogen-bond donors (Lipinski definition) is 0. The number of likely N-dealkylation sites (tertiary alicyclic amines) is 1. The molecule has 0 aliphatic carbocycles. The largest absolute Gasteiger partial charge is 0.377 e. The van der Waals surface area contributed by atoms with Gasteiger partial charge in [-0.1, -0.05) is 15.9 Å². The zero-order valence-corrected chi connectivity index (χ0v) is 10.6. The van der Waals surface area contributed by atoms with Gasteiger partial charge in [0.2, 0.25) is 0 Å². The molecule has 2 atom stereocenters. The first-order chi connectivity index (χ1) is 5.94. The molecule has 0 amide bonds. The summed E-state index contributed by atoms with van der Waals surface area (Å²) in [5, 5.41) is 0. The lowest BCUT2D eigenvalue weighted by Crippen LogP contribution is -2.41. The summed E-state index contributed by atoms with van der Waals surface area (Å²) in [4.78, 5) is 3.15. The van der Waals surface area contributed by atoms with Crippen molar-refractivity contribution < 1.29 is 4.74 Å². The molecule has 1 fully saturated rings. The Kier molecular flexibility index (Phi) is 3.78. The van der Waals surface area contributed by atoms with Crippen molar-refractivity contribution in [2.45, 2.75) is 43.7 Å². The molecule has 2 unspecified atom stereocenters. The molecule has 0 spiro atoms. The maximum absolute atomic E-state index is 5.43. The van der Waals surface area contributed by atoms with Crippen LogP contribution in [-0.2, 0) is 4.74 Å². The Bertz CT molecular complexity index is 172. The van der Waals surface area contributed by atoms with E-state index in [-0.39, 0.29) is 5.60 Å². The van der Waals surface area contributed by atoms with Crippen molar-refractivity contribution in [2.24, 2.45) is 0 Å². The van der Waals surface area contributed by atoms with E-state index in [1.54, 1.807) is 7.11 Å². The van der Waals surface area contributed by atoms with Crippen LogP contribution in [0.1, 0.15) is 27.2 Å². The molecule has 0 aromatic carbocycles. The SMILES string of the molecule is COC(C)(C)CN1CC(Br)CC1C. The van der Waals surface area contributed by atoms with E-state index in [0.29, 0.717) is 10.9 Å². The number of halogens is 1. The smallest absolute Gasteiger partial charge is 0.0749 e. The molecule has 78 valence electrons. The average Bonchev–Trinajstić information content (AvgIpc) is 2.30. The second-order valence-electron chi connectivity index (χ2n) is 4.58. The van der Waals surface area contributed by atoms with E-state index >= 15 is 0 Å². The van der Waals surface area contributed by atoms with Gasteiger partial charge >= 0.3 is 0 Å². The Balaban J connectivity index is 2.45. The predicted octanol–water partition coefficient (Wildman–Crippen LogP) is 2.27. The molecular formula is C10H20BrNO. The van der Waals surface area contributed by atoms with Gasteiger partial charge in [0.05, 0.1) is 5.60 Å². The lowest BCUT2D eigenvalue weighted by molar-refractivity contribution is -0.00893. The van der Waals surface area contributed by atoms with Crippen molar-refractivity contribution in [1.82, 2.24) is 4.90 Å². The summed E-state index contributed by atoms with van der Waals surface area (Å²) in [6, 6.07) is 0.679. The standard InChI is InChI=1S/C10H20BrNO/c1-8-5-9(11)6-12(8)7-10(2,3)13-4/h8-9H,5-7H2,1-4H3. The first-order valence-electron chi connectivity index (χ1n) is 4.88. The Morgan fingerprint density at radius 2 is 2.15 bits per heavy atom. The Morgan fingerprint density at radius 1 is 1.54 bits per heavy atom. The van der Waals surface area contributed by atoms with Gasteiger partial charge in [0, 0.05) is 31.1 Å². The monoisotopic (exact) mass is 249 g/mol. The van der Waals surface area contributed by atoms with E-state index in [2.05, 4.69) is 41.6 Å². The van der Waals surface area contributed by atoms with Crippen LogP contribution >= 0.6 is 15.9 Å². The second kappa shape index (κ2) is 4.28. The van der Waals surface area contributed by atoms with Crippen LogP contribution in [0.4, 0.5) is 0 Å². The summed E-state index contributed by atoms with van der Waals surface area (Å²) >= 11 is 3.67. The molecule has 0 aromatic rings. The average molecular weight is 250 g/mol. The lowest BCUT2D eigenvalue weighted by Gasteiger charge is -2.31. The van der Waals surface area contributed by atoms with E-state index in [1.165, 1.54) is 6.42 Å². The Hall–Kier alpha value is 0.400. The molecule has 1 saturated heterocycles. The fraction of sp³-hybridized carbons (Fsp3) is 1.00. The van der Waals surface area contributed by atoms with E-state index in [0.717, 1.165) is 13.1 Å². The van der Waals surface area contributed by atoms with Crippen LogP contribution in [-0.4, -0.2) is 41.6 Å². The summed E-state index contributed by atoms with van der Waals surface area (Å²) in [5.41, 5.74) is -0.0225. The Labute approximate surface area is 89.8 Å². The van der Waals surface area contributed by atoms with Crippen LogP contribution in [0.3, 0.4) is 0 Å². The van der Waals surface area contributed by atoms with E-state index < -0.39 is 0 Å². The van der Waals surface area contributed by atoms with E-state index in [9.17, 15) is 0 Å². The van der Waals surface area contributed by atoms with Crippen LogP contribution in [0.15, 0.2) is 0 Å². The summed E-state index contributed by atoms with van der Waals surface area (Å²) in [5.74, 6) is 0. The molecule has 13 heavy (non-hydrogen) atoms. The summed E-state index contributed by atoms with van der Waals surface area (Å²) in [7, 11) is 1.78. The Morgan fingerprint density at radius 3 is 2.54 bits per heavy atom. The normalized spacial score (nSPS) is 31.2. The third-order valence-corrected chi connectivity index (χ3v) is 3.45. The zero-order chi connectivity index (χ0) is 10.1. The van der Waals surface area contributed by atoms with Crippen LogP contribution in [0, 0.1) is 0 Å². The summed E-state index contributed by atoms with van der Waals surface area (Å²) < 4.78 is 5.43. The van der Waals surface area contributed by atoms with Gasteiger partial charge in [0.25, 0.3) is 0 Å². The predicted molar refractivity (Wildman–Crippen MR) is 59.5 cm³/mol. The van der Waals surface area contributed by atoms with Gasteiger partial charge in [-0.05, 0) is 27.2 Å². The molecule has 0 bridgehead atoms.